The second-order valence-corrected chi connectivity index (χ2v) is 9.49. The summed E-state index contributed by atoms with van der Waals surface area (Å²) in [5, 5.41) is 0. The van der Waals surface area contributed by atoms with Crippen LogP contribution in [0.1, 0.15) is 22.3 Å². The van der Waals surface area contributed by atoms with Crippen molar-refractivity contribution in [1.82, 2.24) is 9.62 Å². The number of nitrogens with one attached hydrogen (secondary N) is 1. The molecule has 11 heteroatoms. The fourth-order valence-corrected chi connectivity index (χ4v) is 5.12. The highest BCUT2D eigenvalue weighted by Crippen LogP contribution is 2.39. The maximum Gasteiger partial charge on any atom is 0.328 e. The number of aryl methyl sites for hydroxylation is 1. The minimum absolute atomic E-state index is 0.0274. The van der Waals surface area contributed by atoms with Crippen molar-refractivity contribution in [2.45, 2.75) is 30.3 Å². The first kappa shape index (κ1) is 25.3. The van der Waals surface area contributed by atoms with Crippen molar-refractivity contribution in [2.75, 3.05) is 35.0 Å². The number of hydrogen-bond donors (Lipinski definition) is 1. The van der Waals surface area contributed by atoms with E-state index in [0.717, 1.165) is 5.56 Å². The van der Waals surface area contributed by atoms with Crippen LogP contribution in [-0.4, -0.2) is 72.3 Å². The number of carbonyl (C=O) groups excluding carboxylic acids is 2. The van der Waals surface area contributed by atoms with Crippen LogP contribution < -0.4 is 18.9 Å². The van der Waals surface area contributed by atoms with E-state index in [0.29, 0.717) is 5.75 Å². The van der Waals surface area contributed by atoms with Gasteiger partial charge >= 0.3 is 5.97 Å². The smallest absolute Gasteiger partial charge is 0.328 e. The molecule has 2 atom stereocenters. The molecule has 1 fully saturated rings. The fraction of sp³-hybridized carbons (Fsp3) is 0.391. The number of sulfonamides is 1. The van der Waals surface area contributed by atoms with Crippen LogP contribution >= 0.6 is 0 Å². The summed E-state index contributed by atoms with van der Waals surface area (Å²) in [7, 11) is 1.65. The molecule has 1 aliphatic rings. The molecule has 10 nitrogen and oxygen atoms in total. The number of amides is 1. The molecule has 1 heterocycles. The standard InChI is InChI=1S/C23H28N2O8S/c1-14-6-8-17(9-7-14)34(28,29)24-16-12-18(23(27)33-5)25(13-16)22(26)15-10-19(30-2)21(32-4)20(11-15)31-3/h6-11,16,18,24H,12-13H2,1-5H3. The zero-order chi connectivity index (χ0) is 25.0. The van der Waals surface area contributed by atoms with Gasteiger partial charge in [0.25, 0.3) is 5.91 Å². The predicted molar refractivity (Wildman–Crippen MR) is 123 cm³/mol. The van der Waals surface area contributed by atoms with Gasteiger partial charge in [-0.15, -0.1) is 0 Å². The number of ether oxygens (including phenoxy) is 4. The summed E-state index contributed by atoms with van der Waals surface area (Å²) >= 11 is 0. The fourth-order valence-electron chi connectivity index (χ4n) is 3.88. The molecule has 1 amide bonds. The summed E-state index contributed by atoms with van der Waals surface area (Å²) < 4.78 is 49.1. The lowest BCUT2D eigenvalue weighted by Crippen LogP contribution is -2.42. The summed E-state index contributed by atoms with van der Waals surface area (Å²) in [6, 6.07) is 7.68. The molecule has 0 aromatic heterocycles. The van der Waals surface area contributed by atoms with E-state index >= 15 is 0 Å². The highest BCUT2D eigenvalue weighted by Gasteiger charge is 2.42. The number of benzene rings is 2. The van der Waals surface area contributed by atoms with Gasteiger partial charge in [0.05, 0.1) is 33.3 Å². The summed E-state index contributed by atoms with van der Waals surface area (Å²) in [4.78, 5) is 27.3. The van der Waals surface area contributed by atoms with Crippen molar-refractivity contribution in [2.24, 2.45) is 0 Å². The Balaban J connectivity index is 1.90. The van der Waals surface area contributed by atoms with Crippen LogP contribution in [-0.2, 0) is 19.6 Å². The Kier molecular flexibility index (Phi) is 7.68. The van der Waals surface area contributed by atoms with E-state index in [4.69, 9.17) is 18.9 Å². The van der Waals surface area contributed by atoms with Gasteiger partial charge in [-0.3, -0.25) is 4.79 Å². The molecular formula is C23H28N2O8S. The molecule has 0 saturated carbocycles. The molecule has 34 heavy (non-hydrogen) atoms. The molecule has 0 bridgehead atoms. The first-order chi connectivity index (χ1) is 16.1. The van der Waals surface area contributed by atoms with Crippen LogP contribution in [0.2, 0.25) is 0 Å². The average Bonchev–Trinajstić information content (AvgIpc) is 3.25. The number of hydrogen-bond acceptors (Lipinski definition) is 8. The van der Waals surface area contributed by atoms with Crippen LogP contribution in [0.3, 0.4) is 0 Å². The lowest BCUT2D eigenvalue weighted by molar-refractivity contribution is -0.145. The van der Waals surface area contributed by atoms with Gasteiger partial charge in [-0.25, -0.2) is 17.9 Å². The molecule has 1 saturated heterocycles. The number of carbonyl (C=O) groups is 2. The first-order valence-corrected chi connectivity index (χ1v) is 11.9. The van der Waals surface area contributed by atoms with E-state index < -0.39 is 34.0 Å². The molecule has 2 unspecified atom stereocenters. The molecule has 0 aliphatic carbocycles. The zero-order valence-corrected chi connectivity index (χ0v) is 20.5. The van der Waals surface area contributed by atoms with Gasteiger partial charge in [0.2, 0.25) is 15.8 Å². The minimum Gasteiger partial charge on any atom is -0.493 e. The molecule has 3 rings (SSSR count). The van der Waals surface area contributed by atoms with Gasteiger partial charge in [-0.2, -0.15) is 0 Å². The molecule has 0 spiro atoms. The van der Waals surface area contributed by atoms with Crippen LogP contribution in [0.5, 0.6) is 17.2 Å². The van der Waals surface area contributed by atoms with Gasteiger partial charge in [0.15, 0.2) is 11.5 Å². The third-order valence-corrected chi connectivity index (χ3v) is 7.14. The molecule has 1 aliphatic heterocycles. The lowest BCUT2D eigenvalue weighted by atomic mass is 10.1. The Hall–Kier alpha value is -3.31. The second-order valence-electron chi connectivity index (χ2n) is 7.78. The summed E-state index contributed by atoms with van der Waals surface area (Å²) in [5.74, 6) is -0.285. The van der Waals surface area contributed by atoms with E-state index in [-0.39, 0.29) is 34.9 Å². The van der Waals surface area contributed by atoms with E-state index in [9.17, 15) is 18.0 Å². The number of methoxy groups -OCH3 is 4. The van der Waals surface area contributed by atoms with Crippen molar-refractivity contribution in [3.05, 3.63) is 47.5 Å². The number of rotatable bonds is 8. The van der Waals surface area contributed by atoms with Crippen molar-refractivity contribution in [1.29, 1.82) is 0 Å². The number of esters is 1. The highest BCUT2D eigenvalue weighted by molar-refractivity contribution is 7.89. The Labute approximate surface area is 198 Å². The van der Waals surface area contributed by atoms with Crippen LogP contribution in [0.25, 0.3) is 0 Å². The van der Waals surface area contributed by atoms with Crippen molar-refractivity contribution < 1.29 is 37.0 Å². The van der Waals surface area contributed by atoms with Gasteiger partial charge in [0.1, 0.15) is 6.04 Å². The average molecular weight is 493 g/mol. The monoisotopic (exact) mass is 492 g/mol. The van der Waals surface area contributed by atoms with Crippen LogP contribution in [0.4, 0.5) is 0 Å². The summed E-state index contributed by atoms with van der Waals surface area (Å²) in [6.07, 6.45) is 0.0634. The molecular weight excluding hydrogens is 464 g/mol. The maximum atomic E-state index is 13.4. The quantitative estimate of drug-likeness (QED) is 0.554. The van der Waals surface area contributed by atoms with Gasteiger partial charge in [-0.1, -0.05) is 17.7 Å². The van der Waals surface area contributed by atoms with E-state index in [1.807, 2.05) is 6.92 Å². The van der Waals surface area contributed by atoms with Crippen molar-refractivity contribution in [3.63, 3.8) is 0 Å². The Bertz CT molecular complexity index is 1140. The Morgan fingerprint density at radius 3 is 2.06 bits per heavy atom. The van der Waals surface area contributed by atoms with Gasteiger partial charge < -0.3 is 23.8 Å². The van der Waals surface area contributed by atoms with E-state index in [2.05, 4.69) is 4.72 Å². The summed E-state index contributed by atoms with van der Waals surface area (Å²) in [5.41, 5.74) is 1.11. The largest absolute Gasteiger partial charge is 0.493 e. The molecule has 1 N–H and O–H groups in total. The third-order valence-electron chi connectivity index (χ3n) is 5.60. The summed E-state index contributed by atoms with van der Waals surface area (Å²) in [6.45, 7) is 1.83. The van der Waals surface area contributed by atoms with Crippen molar-refractivity contribution >= 4 is 21.9 Å². The van der Waals surface area contributed by atoms with Crippen LogP contribution in [0, 0.1) is 6.92 Å². The lowest BCUT2D eigenvalue weighted by Gasteiger charge is -2.23. The van der Waals surface area contributed by atoms with Crippen LogP contribution in [0.15, 0.2) is 41.3 Å². The highest BCUT2D eigenvalue weighted by atomic mass is 32.2. The Morgan fingerprint density at radius 2 is 1.56 bits per heavy atom. The predicted octanol–water partition coefficient (Wildman–Crippen LogP) is 1.76. The first-order valence-electron chi connectivity index (χ1n) is 10.4. The number of likely N-dealkylation sites (tertiary alicyclic amines) is 1. The van der Waals surface area contributed by atoms with Gasteiger partial charge in [0, 0.05) is 18.2 Å². The van der Waals surface area contributed by atoms with Crippen molar-refractivity contribution in [3.8, 4) is 17.2 Å². The normalized spacial score (nSPS) is 17.9. The third kappa shape index (κ3) is 5.10. The molecule has 2 aromatic carbocycles. The van der Waals surface area contributed by atoms with Gasteiger partial charge in [-0.05, 0) is 37.6 Å². The number of nitrogens with zero attached hydrogens (tertiary/aromatic N) is 1. The minimum atomic E-state index is -3.86. The van der Waals surface area contributed by atoms with E-state index in [1.165, 1.54) is 57.6 Å². The SMILES string of the molecule is COC(=O)C1CC(NS(=O)(=O)c2ccc(C)cc2)CN1C(=O)c1cc(OC)c(OC)c(OC)c1. The second kappa shape index (κ2) is 10.3. The maximum absolute atomic E-state index is 13.4. The molecule has 184 valence electrons. The Morgan fingerprint density at radius 1 is 0.971 bits per heavy atom. The van der Waals surface area contributed by atoms with E-state index in [1.54, 1.807) is 12.1 Å². The zero-order valence-electron chi connectivity index (χ0n) is 19.7. The topological polar surface area (TPSA) is 120 Å². The molecule has 0 radical (unpaired) electrons. The molecule has 2 aromatic rings.